The Bertz CT molecular complexity index is 718. The number of aryl methyl sites for hydroxylation is 3. The summed E-state index contributed by atoms with van der Waals surface area (Å²) in [6, 6.07) is 12.8. The zero-order valence-electron chi connectivity index (χ0n) is 13.9. The molecule has 2 nitrogen and oxygen atoms in total. The number of nitrogens with zero attached hydrogens (tertiary/aromatic N) is 1. The van der Waals surface area contributed by atoms with Gasteiger partial charge >= 0.3 is 0 Å². The van der Waals surface area contributed by atoms with Gasteiger partial charge in [0.1, 0.15) is 11.6 Å². The van der Waals surface area contributed by atoms with E-state index in [-0.39, 0.29) is 5.82 Å². The van der Waals surface area contributed by atoms with Crippen LogP contribution in [0.15, 0.2) is 36.4 Å². The van der Waals surface area contributed by atoms with Crippen molar-refractivity contribution in [2.75, 3.05) is 6.61 Å². The van der Waals surface area contributed by atoms with Gasteiger partial charge in [-0.25, -0.2) is 4.39 Å². The average Bonchev–Trinajstić information content (AvgIpc) is 2.53. The maximum Gasteiger partial charge on any atom is 0.127 e. The van der Waals surface area contributed by atoms with Crippen molar-refractivity contribution in [1.29, 1.82) is 5.26 Å². The molecule has 0 N–H and O–H groups in total. The van der Waals surface area contributed by atoms with Gasteiger partial charge in [-0.1, -0.05) is 24.3 Å². The molecule has 120 valence electrons. The molecule has 0 saturated heterocycles. The largest absolute Gasteiger partial charge is 0.493 e. The number of hydrogen-bond acceptors (Lipinski definition) is 2. The zero-order valence-corrected chi connectivity index (χ0v) is 13.9. The number of nitriles is 1. The summed E-state index contributed by atoms with van der Waals surface area (Å²) in [7, 11) is 0. The standard InChI is InChI=1S/C20H22FNO/c1-14-11-16(3)20(12-15(14)2)23-10-6-7-17(13-22)18-8-4-5-9-19(18)21/h4-5,8-9,11-12,17H,6-7,10H2,1-3H3. The summed E-state index contributed by atoms with van der Waals surface area (Å²) in [6.45, 7) is 6.69. The molecule has 2 aromatic rings. The van der Waals surface area contributed by atoms with Crippen molar-refractivity contribution in [2.45, 2.75) is 39.5 Å². The molecule has 0 aliphatic heterocycles. The molecule has 0 radical (unpaired) electrons. The molecule has 0 saturated carbocycles. The predicted molar refractivity (Wildman–Crippen MR) is 90.1 cm³/mol. The SMILES string of the molecule is Cc1cc(C)c(OCCCC(C#N)c2ccccc2F)cc1C. The summed E-state index contributed by atoms with van der Waals surface area (Å²) in [5.74, 6) is 0.137. The molecule has 1 atom stereocenters. The first kappa shape index (κ1) is 17.0. The van der Waals surface area contributed by atoms with Crippen molar-refractivity contribution in [2.24, 2.45) is 0 Å². The molecule has 0 bridgehead atoms. The normalized spacial score (nSPS) is 11.8. The van der Waals surface area contributed by atoms with Gasteiger partial charge in [0.05, 0.1) is 18.6 Å². The van der Waals surface area contributed by atoms with Crippen LogP contribution in [0.4, 0.5) is 4.39 Å². The van der Waals surface area contributed by atoms with Crippen LogP contribution < -0.4 is 4.74 Å². The highest BCUT2D eigenvalue weighted by Gasteiger charge is 2.14. The fraction of sp³-hybridized carbons (Fsp3) is 0.350. The second-order valence-electron chi connectivity index (χ2n) is 5.90. The minimum Gasteiger partial charge on any atom is -0.493 e. The third-order valence-electron chi connectivity index (χ3n) is 4.12. The lowest BCUT2D eigenvalue weighted by molar-refractivity contribution is 0.302. The summed E-state index contributed by atoms with van der Waals surface area (Å²) in [5.41, 5.74) is 4.03. The van der Waals surface area contributed by atoms with Crippen molar-refractivity contribution in [3.05, 3.63) is 64.5 Å². The Morgan fingerprint density at radius 1 is 1.09 bits per heavy atom. The van der Waals surface area contributed by atoms with E-state index in [0.717, 1.165) is 11.3 Å². The number of hydrogen-bond donors (Lipinski definition) is 0. The van der Waals surface area contributed by atoms with E-state index in [1.54, 1.807) is 18.2 Å². The van der Waals surface area contributed by atoms with Gasteiger partial charge in [-0.15, -0.1) is 0 Å². The molecule has 0 aromatic heterocycles. The molecule has 0 fully saturated rings. The van der Waals surface area contributed by atoms with E-state index in [1.165, 1.54) is 17.2 Å². The van der Waals surface area contributed by atoms with Crippen LogP contribution in [0.25, 0.3) is 0 Å². The summed E-state index contributed by atoms with van der Waals surface area (Å²) in [4.78, 5) is 0. The van der Waals surface area contributed by atoms with E-state index in [1.807, 2.05) is 13.0 Å². The first-order chi connectivity index (χ1) is 11.0. The molecular formula is C20H22FNO. The van der Waals surface area contributed by atoms with Crippen LogP contribution in [-0.4, -0.2) is 6.61 Å². The minimum absolute atomic E-state index is 0.315. The van der Waals surface area contributed by atoms with Crippen LogP contribution in [0.2, 0.25) is 0 Å². The van der Waals surface area contributed by atoms with Crippen LogP contribution in [0.1, 0.15) is 41.0 Å². The Labute approximate surface area is 137 Å². The fourth-order valence-corrected chi connectivity index (χ4v) is 2.61. The van der Waals surface area contributed by atoms with Crippen LogP contribution in [0, 0.1) is 37.9 Å². The van der Waals surface area contributed by atoms with Crippen molar-refractivity contribution >= 4 is 0 Å². The molecular weight excluding hydrogens is 289 g/mol. The van der Waals surface area contributed by atoms with Gasteiger partial charge in [-0.2, -0.15) is 5.26 Å². The maximum atomic E-state index is 13.8. The van der Waals surface area contributed by atoms with E-state index < -0.39 is 5.92 Å². The molecule has 1 unspecified atom stereocenters. The van der Waals surface area contributed by atoms with Gasteiger partial charge < -0.3 is 4.74 Å². The van der Waals surface area contributed by atoms with Gasteiger partial charge in [-0.05, 0) is 62.4 Å². The minimum atomic E-state index is -0.430. The second kappa shape index (κ2) is 7.78. The van der Waals surface area contributed by atoms with Gasteiger partial charge in [-0.3, -0.25) is 0 Å². The van der Waals surface area contributed by atoms with Crippen molar-refractivity contribution < 1.29 is 9.13 Å². The summed E-state index contributed by atoms with van der Waals surface area (Å²) < 4.78 is 19.6. The number of ether oxygens (including phenoxy) is 1. The van der Waals surface area contributed by atoms with Gasteiger partial charge in [0.25, 0.3) is 0 Å². The predicted octanol–water partition coefficient (Wildman–Crippen LogP) is 5.22. The highest BCUT2D eigenvalue weighted by Crippen LogP contribution is 2.25. The Morgan fingerprint density at radius 3 is 2.48 bits per heavy atom. The lowest BCUT2D eigenvalue weighted by Crippen LogP contribution is -2.04. The number of rotatable bonds is 6. The van der Waals surface area contributed by atoms with E-state index in [4.69, 9.17) is 4.74 Å². The topological polar surface area (TPSA) is 33.0 Å². The van der Waals surface area contributed by atoms with Crippen molar-refractivity contribution in [3.63, 3.8) is 0 Å². The average molecular weight is 311 g/mol. The lowest BCUT2D eigenvalue weighted by Gasteiger charge is -2.13. The van der Waals surface area contributed by atoms with Gasteiger partial charge in [0.2, 0.25) is 0 Å². The molecule has 0 amide bonds. The van der Waals surface area contributed by atoms with Crippen molar-refractivity contribution in [1.82, 2.24) is 0 Å². The molecule has 0 aliphatic rings. The molecule has 0 heterocycles. The number of halogens is 1. The molecule has 2 rings (SSSR count). The summed E-state index contributed by atoms with van der Waals surface area (Å²) >= 11 is 0. The Hall–Kier alpha value is -2.34. The third kappa shape index (κ3) is 4.32. The molecule has 2 aromatic carbocycles. The van der Waals surface area contributed by atoms with E-state index >= 15 is 0 Å². The lowest BCUT2D eigenvalue weighted by atomic mass is 9.95. The van der Waals surface area contributed by atoms with E-state index in [2.05, 4.69) is 26.0 Å². The molecule has 23 heavy (non-hydrogen) atoms. The number of benzene rings is 2. The van der Waals surface area contributed by atoms with Crippen LogP contribution in [0.3, 0.4) is 0 Å². The third-order valence-corrected chi connectivity index (χ3v) is 4.12. The van der Waals surface area contributed by atoms with E-state index in [9.17, 15) is 9.65 Å². The highest BCUT2D eigenvalue weighted by atomic mass is 19.1. The smallest absolute Gasteiger partial charge is 0.127 e. The molecule has 3 heteroatoms. The van der Waals surface area contributed by atoms with Crippen LogP contribution >= 0.6 is 0 Å². The van der Waals surface area contributed by atoms with Gasteiger partial charge in [0, 0.05) is 5.56 Å². The highest BCUT2D eigenvalue weighted by molar-refractivity contribution is 5.40. The second-order valence-corrected chi connectivity index (χ2v) is 5.90. The summed E-state index contributed by atoms with van der Waals surface area (Å²) in [6.07, 6.45) is 1.29. The Kier molecular flexibility index (Phi) is 5.76. The monoisotopic (exact) mass is 311 g/mol. The van der Waals surface area contributed by atoms with Crippen molar-refractivity contribution in [3.8, 4) is 11.8 Å². The van der Waals surface area contributed by atoms with Crippen LogP contribution in [-0.2, 0) is 0 Å². The Morgan fingerprint density at radius 2 is 1.78 bits per heavy atom. The van der Waals surface area contributed by atoms with Crippen LogP contribution in [0.5, 0.6) is 5.75 Å². The maximum absolute atomic E-state index is 13.8. The van der Waals surface area contributed by atoms with E-state index in [0.29, 0.717) is 25.0 Å². The Balaban J connectivity index is 1.91. The zero-order chi connectivity index (χ0) is 16.8. The quantitative estimate of drug-likeness (QED) is 0.685. The van der Waals surface area contributed by atoms with Gasteiger partial charge in [0.15, 0.2) is 0 Å². The molecule has 0 aliphatic carbocycles. The fourth-order valence-electron chi connectivity index (χ4n) is 2.61. The summed E-state index contributed by atoms with van der Waals surface area (Å²) in [5, 5.41) is 9.27. The molecule has 0 spiro atoms. The first-order valence-corrected chi connectivity index (χ1v) is 7.87. The first-order valence-electron chi connectivity index (χ1n) is 7.87.